The van der Waals surface area contributed by atoms with E-state index in [2.05, 4.69) is 10.9 Å². The van der Waals surface area contributed by atoms with E-state index in [1.807, 2.05) is 13.0 Å². The SMILES string of the molecule is Cc1ccc(N2C[C@@H](C(=O)NNC(=O)c3ccccc3)CC2=O)cc1Cl. The second kappa shape index (κ2) is 7.58. The summed E-state index contributed by atoms with van der Waals surface area (Å²) in [6, 6.07) is 13.9. The minimum Gasteiger partial charge on any atom is -0.312 e. The van der Waals surface area contributed by atoms with Crippen molar-refractivity contribution in [3.63, 3.8) is 0 Å². The Labute approximate surface area is 156 Å². The fraction of sp³-hybridized carbons (Fsp3) is 0.211. The van der Waals surface area contributed by atoms with Crippen LogP contribution in [0.2, 0.25) is 5.02 Å². The molecule has 1 saturated heterocycles. The number of aryl methyl sites for hydroxylation is 1. The fourth-order valence-electron chi connectivity index (χ4n) is 2.76. The summed E-state index contributed by atoms with van der Waals surface area (Å²) in [5, 5.41) is 0.568. The van der Waals surface area contributed by atoms with E-state index < -0.39 is 17.7 Å². The largest absolute Gasteiger partial charge is 0.312 e. The Balaban J connectivity index is 1.60. The zero-order valence-corrected chi connectivity index (χ0v) is 14.9. The molecule has 2 aromatic carbocycles. The third-order valence-electron chi connectivity index (χ3n) is 4.30. The monoisotopic (exact) mass is 371 g/mol. The normalized spacial score (nSPS) is 16.5. The van der Waals surface area contributed by atoms with Gasteiger partial charge in [-0.2, -0.15) is 0 Å². The molecule has 134 valence electrons. The van der Waals surface area contributed by atoms with Crippen LogP contribution < -0.4 is 15.8 Å². The second-order valence-corrected chi connectivity index (χ2v) is 6.56. The highest BCUT2D eigenvalue weighted by molar-refractivity contribution is 6.31. The molecule has 0 radical (unpaired) electrons. The van der Waals surface area contributed by atoms with Gasteiger partial charge in [-0.1, -0.05) is 35.9 Å². The van der Waals surface area contributed by atoms with Crippen molar-refractivity contribution < 1.29 is 14.4 Å². The Bertz CT molecular complexity index is 854. The number of benzene rings is 2. The van der Waals surface area contributed by atoms with Crippen molar-refractivity contribution in [2.45, 2.75) is 13.3 Å². The number of hydrogen-bond acceptors (Lipinski definition) is 3. The molecule has 6 nitrogen and oxygen atoms in total. The third kappa shape index (κ3) is 3.86. The molecule has 3 amide bonds. The average Bonchev–Trinajstić information content (AvgIpc) is 3.04. The van der Waals surface area contributed by atoms with Crippen LogP contribution in [0.1, 0.15) is 22.3 Å². The van der Waals surface area contributed by atoms with Gasteiger partial charge in [0.15, 0.2) is 0 Å². The molecule has 26 heavy (non-hydrogen) atoms. The van der Waals surface area contributed by atoms with E-state index in [0.29, 0.717) is 16.3 Å². The lowest BCUT2D eigenvalue weighted by atomic mass is 10.1. The topological polar surface area (TPSA) is 78.5 Å². The van der Waals surface area contributed by atoms with Crippen molar-refractivity contribution in [1.29, 1.82) is 0 Å². The summed E-state index contributed by atoms with van der Waals surface area (Å²) in [5.74, 6) is -1.51. The molecule has 1 fully saturated rings. The van der Waals surface area contributed by atoms with E-state index in [9.17, 15) is 14.4 Å². The lowest BCUT2D eigenvalue weighted by molar-refractivity contribution is -0.126. The highest BCUT2D eigenvalue weighted by Gasteiger charge is 2.35. The van der Waals surface area contributed by atoms with Gasteiger partial charge < -0.3 is 4.90 Å². The molecule has 0 bridgehead atoms. The van der Waals surface area contributed by atoms with Gasteiger partial charge in [-0.25, -0.2) is 0 Å². The predicted molar refractivity (Wildman–Crippen MR) is 98.7 cm³/mol. The molecule has 0 spiro atoms. The van der Waals surface area contributed by atoms with Crippen LogP contribution in [0.3, 0.4) is 0 Å². The summed E-state index contributed by atoms with van der Waals surface area (Å²) in [4.78, 5) is 38.1. The minimum absolute atomic E-state index is 0.0819. The summed E-state index contributed by atoms with van der Waals surface area (Å²) in [6.45, 7) is 2.12. The van der Waals surface area contributed by atoms with Crippen LogP contribution >= 0.6 is 11.6 Å². The molecule has 0 saturated carbocycles. The van der Waals surface area contributed by atoms with Crippen LogP contribution in [-0.4, -0.2) is 24.3 Å². The van der Waals surface area contributed by atoms with Gasteiger partial charge in [0.05, 0.1) is 5.92 Å². The molecule has 1 aliphatic heterocycles. The Morgan fingerprint density at radius 1 is 1.12 bits per heavy atom. The van der Waals surface area contributed by atoms with Crippen molar-refractivity contribution in [1.82, 2.24) is 10.9 Å². The lowest BCUT2D eigenvalue weighted by Gasteiger charge is -2.17. The number of nitrogens with one attached hydrogen (secondary N) is 2. The highest BCUT2D eigenvalue weighted by Crippen LogP contribution is 2.28. The molecule has 2 aromatic rings. The van der Waals surface area contributed by atoms with Crippen molar-refractivity contribution in [2.75, 3.05) is 11.4 Å². The summed E-state index contributed by atoms with van der Waals surface area (Å²) < 4.78 is 0. The molecule has 0 unspecified atom stereocenters. The van der Waals surface area contributed by atoms with E-state index in [4.69, 9.17) is 11.6 Å². The second-order valence-electron chi connectivity index (χ2n) is 6.15. The van der Waals surface area contributed by atoms with Crippen LogP contribution in [0.4, 0.5) is 5.69 Å². The van der Waals surface area contributed by atoms with Gasteiger partial charge in [-0.3, -0.25) is 25.2 Å². The van der Waals surface area contributed by atoms with E-state index in [-0.39, 0.29) is 18.9 Å². The van der Waals surface area contributed by atoms with Crippen LogP contribution in [0.25, 0.3) is 0 Å². The number of rotatable bonds is 3. The molecular weight excluding hydrogens is 354 g/mol. The maximum absolute atomic E-state index is 12.3. The van der Waals surface area contributed by atoms with Crippen LogP contribution in [0, 0.1) is 12.8 Å². The van der Waals surface area contributed by atoms with E-state index in [1.165, 1.54) is 4.90 Å². The van der Waals surface area contributed by atoms with Gasteiger partial charge in [0.1, 0.15) is 0 Å². The Morgan fingerprint density at radius 3 is 2.54 bits per heavy atom. The number of hydrogen-bond donors (Lipinski definition) is 2. The number of carbonyl (C=O) groups is 3. The van der Waals surface area contributed by atoms with Gasteiger partial charge in [-0.15, -0.1) is 0 Å². The first-order valence-corrected chi connectivity index (χ1v) is 8.55. The number of hydrazine groups is 1. The van der Waals surface area contributed by atoms with E-state index >= 15 is 0 Å². The van der Waals surface area contributed by atoms with Crippen molar-refractivity contribution in [2.24, 2.45) is 5.92 Å². The Kier molecular flexibility index (Phi) is 5.23. The van der Waals surface area contributed by atoms with E-state index in [1.54, 1.807) is 42.5 Å². The molecule has 3 rings (SSSR count). The molecule has 2 N–H and O–H groups in total. The highest BCUT2D eigenvalue weighted by atomic mass is 35.5. The quantitative estimate of drug-likeness (QED) is 0.813. The van der Waals surface area contributed by atoms with Crippen LogP contribution in [0.5, 0.6) is 0 Å². The summed E-state index contributed by atoms with van der Waals surface area (Å²) in [7, 11) is 0. The van der Waals surface area contributed by atoms with Gasteiger partial charge in [0, 0.05) is 29.2 Å². The third-order valence-corrected chi connectivity index (χ3v) is 4.71. The number of carbonyl (C=O) groups excluding carboxylic acids is 3. The van der Waals surface area contributed by atoms with Gasteiger partial charge in [0.25, 0.3) is 5.91 Å². The summed E-state index contributed by atoms with van der Waals surface area (Å²) in [6.07, 6.45) is 0.0819. The Hall–Kier alpha value is -2.86. The number of nitrogens with zero attached hydrogens (tertiary/aromatic N) is 1. The number of anilines is 1. The maximum Gasteiger partial charge on any atom is 0.269 e. The van der Waals surface area contributed by atoms with Crippen LogP contribution in [0.15, 0.2) is 48.5 Å². The van der Waals surface area contributed by atoms with Crippen molar-refractivity contribution >= 4 is 35.0 Å². The predicted octanol–water partition coefficient (Wildman–Crippen LogP) is 2.46. The van der Waals surface area contributed by atoms with E-state index in [0.717, 1.165) is 5.56 Å². The zero-order chi connectivity index (χ0) is 18.7. The van der Waals surface area contributed by atoms with Gasteiger partial charge in [-0.05, 0) is 36.8 Å². The van der Waals surface area contributed by atoms with Gasteiger partial charge >= 0.3 is 0 Å². The van der Waals surface area contributed by atoms with Crippen molar-refractivity contribution in [3.8, 4) is 0 Å². The fourth-order valence-corrected chi connectivity index (χ4v) is 2.94. The molecule has 1 aliphatic rings. The van der Waals surface area contributed by atoms with Gasteiger partial charge in [0.2, 0.25) is 11.8 Å². The zero-order valence-electron chi connectivity index (χ0n) is 14.2. The summed E-state index contributed by atoms with van der Waals surface area (Å²) in [5.41, 5.74) is 6.78. The first-order valence-electron chi connectivity index (χ1n) is 8.17. The summed E-state index contributed by atoms with van der Waals surface area (Å²) >= 11 is 6.12. The lowest BCUT2D eigenvalue weighted by Crippen LogP contribution is -2.45. The molecule has 0 aromatic heterocycles. The molecular formula is C19H18ClN3O3. The standard InChI is InChI=1S/C19H18ClN3O3/c1-12-7-8-15(10-16(12)20)23-11-14(9-17(23)24)19(26)22-21-18(25)13-5-3-2-4-6-13/h2-8,10,14H,9,11H2,1H3,(H,21,25)(H,22,26)/t14-/m0/s1. The minimum atomic E-state index is -0.543. The molecule has 1 heterocycles. The Morgan fingerprint density at radius 2 is 1.85 bits per heavy atom. The first kappa shape index (κ1) is 17.9. The first-order chi connectivity index (χ1) is 12.5. The average molecular weight is 372 g/mol. The number of halogens is 1. The molecule has 0 aliphatic carbocycles. The van der Waals surface area contributed by atoms with Crippen molar-refractivity contribution in [3.05, 3.63) is 64.7 Å². The maximum atomic E-state index is 12.3. The molecule has 7 heteroatoms. The molecule has 1 atom stereocenters. The number of amides is 3. The smallest absolute Gasteiger partial charge is 0.269 e. The van der Waals surface area contributed by atoms with Crippen LogP contribution in [-0.2, 0) is 9.59 Å².